The second kappa shape index (κ2) is 7.58. The van der Waals surface area contributed by atoms with E-state index in [4.69, 9.17) is 10.00 Å². The second-order valence-electron chi connectivity index (χ2n) is 6.31. The van der Waals surface area contributed by atoms with Gasteiger partial charge < -0.3 is 9.64 Å². The highest BCUT2D eigenvalue weighted by molar-refractivity contribution is 5.96. The average molecular weight is 313 g/mol. The fraction of sp³-hybridized carbons (Fsp3) is 0.556. The first-order valence-corrected chi connectivity index (χ1v) is 8.36. The molecule has 2 aliphatic rings. The number of morpholine rings is 1. The van der Waals surface area contributed by atoms with Crippen LogP contribution in [0.15, 0.2) is 24.3 Å². The maximum absolute atomic E-state index is 12.6. The molecule has 0 atom stereocenters. The molecule has 1 aromatic carbocycles. The summed E-state index contributed by atoms with van der Waals surface area (Å²) in [6, 6.07) is 9.18. The van der Waals surface area contributed by atoms with E-state index >= 15 is 0 Å². The summed E-state index contributed by atoms with van der Waals surface area (Å²) in [5.74, 6) is 0.648. The summed E-state index contributed by atoms with van der Waals surface area (Å²) < 4.78 is 5.39. The Kier molecular flexibility index (Phi) is 5.27. The van der Waals surface area contributed by atoms with E-state index in [1.54, 1.807) is 18.2 Å². The summed E-state index contributed by atoms with van der Waals surface area (Å²) >= 11 is 0. The normalized spacial score (nSPS) is 20.2. The van der Waals surface area contributed by atoms with E-state index in [0.717, 1.165) is 58.8 Å². The van der Waals surface area contributed by atoms with Crippen LogP contribution in [0, 0.1) is 17.2 Å². The maximum Gasteiger partial charge on any atom is 0.255 e. The van der Waals surface area contributed by atoms with Crippen LogP contribution in [0.2, 0.25) is 0 Å². The topological polar surface area (TPSA) is 56.6 Å². The number of ether oxygens (including phenoxy) is 1. The molecule has 5 nitrogen and oxygen atoms in total. The van der Waals surface area contributed by atoms with Gasteiger partial charge in [-0.3, -0.25) is 9.69 Å². The number of carbonyl (C=O) groups excluding carboxylic acids is 1. The fourth-order valence-electron chi connectivity index (χ4n) is 3.40. The molecular formula is C18H23N3O2. The lowest BCUT2D eigenvalue weighted by atomic mass is 9.95. The lowest BCUT2D eigenvalue weighted by Gasteiger charge is -2.36. The summed E-state index contributed by atoms with van der Waals surface area (Å²) in [6.45, 7) is 6.40. The maximum atomic E-state index is 12.6. The van der Waals surface area contributed by atoms with Gasteiger partial charge in [0.15, 0.2) is 0 Å². The average Bonchev–Trinajstić information content (AvgIpc) is 2.62. The second-order valence-corrected chi connectivity index (χ2v) is 6.31. The molecule has 0 bridgehead atoms. The molecule has 0 N–H and O–H groups in total. The first kappa shape index (κ1) is 16.0. The lowest BCUT2D eigenvalue weighted by Crippen LogP contribution is -2.44. The number of hydrogen-bond donors (Lipinski definition) is 0. The van der Waals surface area contributed by atoms with Crippen LogP contribution in [0.5, 0.6) is 0 Å². The molecule has 2 fully saturated rings. The van der Waals surface area contributed by atoms with Crippen LogP contribution in [0.1, 0.15) is 28.8 Å². The Labute approximate surface area is 137 Å². The minimum Gasteiger partial charge on any atom is -0.379 e. The van der Waals surface area contributed by atoms with Gasteiger partial charge in [-0.2, -0.15) is 5.26 Å². The molecule has 23 heavy (non-hydrogen) atoms. The summed E-state index contributed by atoms with van der Waals surface area (Å²) in [7, 11) is 0. The molecule has 2 saturated heterocycles. The molecule has 0 spiro atoms. The van der Waals surface area contributed by atoms with Crippen LogP contribution in [-0.4, -0.2) is 61.6 Å². The largest absolute Gasteiger partial charge is 0.379 e. The Morgan fingerprint density at radius 2 is 1.87 bits per heavy atom. The molecule has 3 rings (SSSR count). The van der Waals surface area contributed by atoms with Gasteiger partial charge in [-0.05, 0) is 30.9 Å². The number of carbonyl (C=O) groups is 1. The van der Waals surface area contributed by atoms with Crippen LogP contribution in [0.4, 0.5) is 0 Å². The Hall–Kier alpha value is -1.90. The lowest BCUT2D eigenvalue weighted by molar-refractivity contribution is 0.0243. The molecule has 1 aromatic rings. The zero-order valence-electron chi connectivity index (χ0n) is 13.4. The van der Waals surface area contributed by atoms with Gasteiger partial charge in [0.25, 0.3) is 5.91 Å². The zero-order chi connectivity index (χ0) is 16.1. The van der Waals surface area contributed by atoms with Gasteiger partial charge in [0.1, 0.15) is 0 Å². The van der Waals surface area contributed by atoms with E-state index < -0.39 is 0 Å². The highest BCUT2D eigenvalue weighted by Gasteiger charge is 2.26. The number of nitrogens with zero attached hydrogens (tertiary/aromatic N) is 3. The minimum absolute atomic E-state index is 0.00743. The number of piperidine rings is 1. The Bertz CT molecular complexity index is 582. The van der Waals surface area contributed by atoms with Crippen molar-refractivity contribution in [1.82, 2.24) is 9.80 Å². The SMILES string of the molecule is N#Cc1ccccc1C(=O)N1CCC(CN2CCOCC2)CC1. The third-order valence-corrected chi connectivity index (χ3v) is 4.80. The Morgan fingerprint density at radius 3 is 2.57 bits per heavy atom. The summed E-state index contributed by atoms with van der Waals surface area (Å²) in [5.41, 5.74) is 0.995. The monoisotopic (exact) mass is 313 g/mol. The summed E-state index contributed by atoms with van der Waals surface area (Å²) in [6.07, 6.45) is 2.08. The van der Waals surface area contributed by atoms with Crippen LogP contribution < -0.4 is 0 Å². The van der Waals surface area contributed by atoms with Crippen molar-refractivity contribution in [3.05, 3.63) is 35.4 Å². The van der Waals surface area contributed by atoms with Gasteiger partial charge in [0, 0.05) is 32.7 Å². The van der Waals surface area contributed by atoms with Gasteiger partial charge in [-0.25, -0.2) is 0 Å². The van der Waals surface area contributed by atoms with E-state index in [1.165, 1.54) is 0 Å². The molecule has 122 valence electrons. The van der Waals surface area contributed by atoms with Crippen molar-refractivity contribution in [2.75, 3.05) is 45.9 Å². The third kappa shape index (κ3) is 3.90. The standard InChI is InChI=1S/C18H23N3O2/c19-13-16-3-1-2-4-17(16)18(22)21-7-5-15(6-8-21)14-20-9-11-23-12-10-20/h1-4,15H,5-12,14H2. The number of hydrogen-bond acceptors (Lipinski definition) is 4. The number of benzene rings is 1. The number of nitriles is 1. The van der Waals surface area contributed by atoms with Crippen molar-refractivity contribution in [3.8, 4) is 6.07 Å². The zero-order valence-corrected chi connectivity index (χ0v) is 13.4. The van der Waals surface area contributed by atoms with E-state index in [-0.39, 0.29) is 5.91 Å². The smallest absolute Gasteiger partial charge is 0.255 e. The van der Waals surface area contributed by atoms with Crippen molar-refractivity contribution in [3.63, 3.8) is 0 Å². The van der Waals surface area contributed by atoms with Crippen molar-refractivity contribution < 1.29 is 9.53 Å². The summed E-state index contributed by atoms with van der Waals surface area (Å²) in [4.78, 5) is 17.0. The molecule has 2 aliphatic heterocycles. The van der Waals surface area contributed by atoms with Gasteiger partial charge in [0.2, 0.25) is 0 Å². The quantitative estimate of drug-likeness (QED) is 0.853. The predicted octanol–water partition coefficient (Wildman–Crippen LogP) is 1.74. The third-order valence-electron chi connectivity index (χ3n) is 4.80. The van der Waals surface area contributed by atoms with Crippen LogP contribution in [0.3, 0.4) is 0 Å². The molecular weight excluding hydrogens is 290 g/mol. The van der Waals surface area contributed by atoms with Gasteiger partial charge in [0.05, 0.1) is 30.4 Å². The van der Waals surface area contributed by atoms with Crippen LogP contribution in [0.25, 0.3) is 0 Å². The van der Waals surface area contributed by atoms with Crippen molar-refractivity contribution in [1.29, 1.82) is 5.26 Å². The highest BCUT2D eigenvalue weighted by atomic mass is 16.5. The Morgan fingerprint density at radius 1 is 1.17 bits per heavy atom. The molecule has 0 radical (unpaired) electrons. The van der Waals surface area contributed by atoms with Crippen LogP contribution in [-0.2, 0) is 4.74 Å². The molecule has 2 heterocycles. The van der Waals surface area contributed by atoms with Crippen LogP contribution >= 0.6 is 0 Å². The van der Waals surface area contributed by atoms with E-state index in [9.17, 15) is 4.79 Å². The van der Waals surface area contributed by atoms with Crippen molar-refractivity contribution in [2.24, 2.45) is 5.92 Å². The van der Waals surface area contributed by atoms with Crippen molar-refractivity contribution in [2.45, 2.75) is 12.8 Å². The summed E-state index contributed by atoms with van der Waals surface area (Å²) in [5, 5.41) is 9.15. The highest BCUT2D eigenvalue weighted by Crippen LogP contribution is 2.21. The molecule has 0 saturated carbocycles. The molecule has 5 heteroatoms. The molecule has 0 unspecified atom stereocenters. The van der Waals surface area contributed by atoms with Gasteiger partial charge >= 0.3 is 0 Å². The predicted molar refractivity (Wildman–Crippen MR) is 87.0 cm³/mol. The number of amides is 1. The minimum atomic E-state index is -0.00743. The van der Waals surface area contributed by atoms with E-state index in [2.05, 4.69) is 11.0 Å². The van der Waals surface area contributed by atoms with E-state index in [1.807, 2.05) is 11.0 Å². The molecule has 0 aromatic heterocycles. The number of rotatable bonds is 3. The first-order chi connectivity index (χ1) is 11.3. The van der Waals surface area contributed by atoms with E-state index in [0.29, 0.717) is 17.0 Å². The van der Waals surface area contributed by atoms with Gasteiger partial charge in [-0.1, -0.05) is 12.1 Å². The van der Waals surface area contributed by atoms with Gasteiger partial charge in [-0.15, -0.1) is 0 Å². The Balaban J connectivity index is 1.54. The fourth-order valence-corrected chi connectivity index (χ4v) is 3.40. The molecule has 1 amide bonds. The van der Waals surface area contributed by atoms with Crippen molar-refractivity contribution >= 4 is 5.91 Å². The number of likely N-dealkylation sites (tertiary alicyclic amines) is 1. The molecule has 0 aliphatic carbocycles. The first-order valence-electron chi connectivity index (χ1n) is 8.36.